The molecule has 0 bridgehead atoms. The number of carbonyl (C=O) groups is 1. The summed E-state index contributed by atoms with van der Waals surface area (Å²) >= 11 is 0. The van der Waals surface area contributed by atoms with Crippen LogP contribution in [-0.2, 0) is 10.3 Å². The topological polar surface area (TPSA) is 50.2 Å². The minimum atomic E-state index is -0.488. The summed E-state index contributed by atoms with van der Waals surface area (Å²) < 4.78 is 1.90. The van der Waals surface area contributed by atoms with Crippen molar-refractivity contribution in [1.82, 2.24) is 20.0 Å². The quantitative estimate of drug-likeness (QED) is 0.925. The monoisotopic (exact) mass is 304 g/mol. The summed E-state index contributed by atoms with van der Waals surface area (Å²) in [6.45, 7) is 2.65. The summed E-state index contributed by atoms with van der Waals surface area (Å²) in [6.07, 6.45) is 11.9. The summed E-state index contributed by atoms with van der Waals surface area (Å²) in [5, 5.41) is 7.77. The van der Waals surface area contributed by atoms with Gasteiger partial charge in [-0.05, 0) is 50.8 Å². The van der Waals surface area contributed by atoms with Crippen LogP contribution < -0.4 is 5.32 Å². The Balaban J connectivity index is 1.74. The standard InChI is InChI=1S/C17H28N4O/c1-20(14-15-6-3-2-4-7-15)16(22)17(8-11-18-12-9-17)21-13-5-10-19-21/h5,10,13,15,18H,2-4,6-9,11-12,14H2,1H3. The second kappa shape index (κ2) is 6.82. The maximum atomic E-state index is 13.2. The number of nitrogens with one attached hydrogen (secondary N) is 1. The first-order chi connectivity index (χ1) is 10.7. The second-order valence-corrected chi connectivity index (χ2v) is 6.92. The molecule has 1 aliphatic heterocycles. The Hall–Kier alpha value is -1.36. The third-order valence-corrected chi connectivity index (χ3v) is 5.38. The minimum absolute atomic E-state index is 0.239. The molecule has 3 rings (SSSR count). The number of hydrogen-bond donors (Lipinski definition) is 1. The first-order valence-electron chi connectivity index (χ1n) is 8.69. The van der Waals surface area contributed by atoms with Crippen molar-refractivity contribution in [3.05, 3.63) is 18.5 Å². The largest absolute Gasteiger partial charge is 0.343 e. The highest BCUT2D eigenvalue weighted by molar-refractivity contribution is 5.84. The lowest BCUT2D eigenvalue weighted by molar-refractivity contribution is -0.142. The zero-order valence-corrected chi connectivity index (χ0v) is 13.6. The van der Waals surface area contributed by atoms with Crippen molar-refractivity contribution in [1.29, 1.82) is 0 Å². The Morgan fingerprint density at radius 3 is 2.68 bits per heavy atom. The van der Waals surface area contributed by atoms with Crippen LogP contribution in [0, 0.1) is 5.92 Å². The van der Waals surface area contributed by atoms with Gasteiger partial charge in [-0.25, -0.2) is 0 Å². The summed E-state index contributed by atoms with van der Waals surface area (Å²) in [5.74, 6) is 0.919. The molecule has 5 heteroatoms. The lowest BCUT2D eigenvalue weighted by atomic mass is 9.85. The van der Waals surface area contributed by atoms with Crippen molar-refractivity contribution in [3.63, 3.8) is 0 Å². The zero-order chi connectivity index (χ0) is 15.4. The van der Waals surface area contributed by atoms with E-state index in [9.17, 15) is 4.79 Å². The van der Waals surface area contributed by atoms with Gasteiger partial charge in [-0.2, -0.15) is 5.10 Å². The van der Waals surface area contributed by atoms with Crippen LogP contribution in [0.3, 0.4) is 0 Å². The molecule has 2 heterocycles. The van der Waals surface area contributed by atoms with Crippen LogP contribution in [0.15, 0.2) is 18.5 Å². The highest BCUT2D eigenvalue weighted by Crippen LogP contribution is 2.30. The van der Waals surface area contributed by atoms with E-state index in [0.717, 1.165) is 32.5 Å². The van der Waals surface area contributed by atoms with Crippen molar-refractivity contribution < 1.29 is 4.79 Å². The summed E-state index contributed by atoms with van der Waals surface area (Å²) in [7, 11) is 1.98. The first kappa shape index (κ1) is 15.5. The lowest BCUT2D eigenvalue weighted by Crippen LogP contribution is -2.55. The van der Waals surface area contributed by atoms with Gasteiger partial charge in [0.05, 0.1) is 0 Å². The summed E-state index contributed by atoms with van der Waals surface area (Å²) in [5.41, 5.74) is -0.488. The molecule has 0 atom stereocenters. The molecule has 1 N–H and O–H groups in total. The summed E-state index contributed by atoms with van der Waals surface area (Å²) in [4.78, 5) is 15.2. The molecule has 1 amide bonds. The Labute approximate surface area is 133 Å². The van der Waals surface area contributed by atoms with E-state index >= 15 is 0 Å². The maximum Gasteiger partial charge on any atom is 0.250 e. The van der Waals surface area contributed by atoms with E-state index in [1.54, 1.807) is 6.20 Å². The van der Waals surface area contributed by atoms with Crippen LogP contribution in [0.5, 0.6) is 0 Å². The Bertz CT molecular complexity index is 473. The van der Waals surface area contributed by atoms with E-state index in [4.69, 9.17) is 0 Å². The molecule has 1 aromatic heterocycles. The lowest BCUT2D eigenvalue weighted by Gasteiger charge is -2.40. The van der Waals surface area contributed by atoms with Gasteiger partial charge < -0.3 is 10.2 Å². The average Bonchev–Trinajstić information content (AvgIpc) is 3.11. The Morgan fingerprint density at radius 2 is 2.05 bits per heavy atom. The normalized spacial score (nSPS) is 22.4. The fourth-order valence-corrected chi connectivity index (χ4v) is 4.10. The third-order valence-electron chi connectivity index (χ3n) is 5.38. The highest BCUT2D eigenvalue weighted by Gasteiger charge is 2.43. The van der Waals surface area contributed by atoms with E-state index in [0.29, 0.717) is 5.92 Å². The van der Waals surface area contributed by atoms with Crippen molar-refractivity contribution in [3.8, 4) is 0 Å². The van der Waals surface area contributed by atoms with Gasteiger partial charge in [0.15, 0.2) is 0 Å². The van der Waals surface area contributed by atoms with Gasteiger partial charge in [0.1, 0.15) is 5.54 Å². The number of likely N-dealkylation sites (N-methyl/N-ethyl adjacent to an activating group) is 1. The van der Waals surface area contributed by atoms with E-state index in [1.807, 2.05) is 28.9 Å². The fourth-order valence-electron chi connectivity index (χ4n) is 4.10. The predicted molar refractivity (Wildman–Crippen MR) is 86.5 cm³/mol. The van der Waals surface area contributed by atoms with Gasteiger partial charge in [-0.1, -0.05) is 19.3 Å². The number of amides is 1. The summed E-state index contributed by atoms with van der Waals surface area (Å²) in [6, 6.07) is 1.91. The maximum absolute atomic E-state index is 13.2. The van der Waals surface area contributed by atoms with Crippen LogP contribution in [0.4, 0.5) is 0 Å². The third kappa shape index (κ3) is 3.05. The Kier molecular flexibility index (Phi) is 4.81. The Morgan fingerprint density at radius 1 is 1.32 bits per heavy atom. The molecule has 0 spiro atoms. The second-order valence-electron chi connectivity index (χ2n) is 6.92. The van der Waals surface area contributed by atoms with Crippen molar-refractivity contribution in [2.75, 3.05) is 26.7 Å². The van der Waals surface area contributed by atoms with Gasteiger partial charge in [-0.3, -0.25) is 9.48 Å². The van der Waals surface area contributed by atoms with E-state index < -0.39 is 5.54 Å². The molecule has 5 nitrogen and oxygen atoms in total. The van der Waals surface area contributed by atoms with Crippen molar-refractivity contribution >= 4 is 5.91 Å². The molecular formula is C17H28N4O. The van der Waals surface area contributed by atoms with Crippen LogP contribution in [0.1, 0.15) is 44.9 Å². The van der Waals surface area contributed by atoms with E-state index in [1.165, 1.54) is 32.1 Å². The van der Waals surface area contributed by atoms with Crippen LogP contribution >= 0.6 is 0 Å². The molecule has 2 fully saturated rings. The van der Waals surface area contributed by atoms with Gasteiger partial charge in [-0.15, -0.1) is 0 Å². The molecular weight excluding hydrogens is 276 g/mol. The van der Waals surface area contributed by atoms with Gasteiger partial charge in [0.2, 0.25) is 5.91 Å². The highest BCUT2D eigenvalue weighted by atomic mass is 16.2. The van der Waals surface area contributed by atoms with Crippen LogP contribution in [0.2, 0.25) is 0 Å². The molecule has 0 aromatic carbocycles. The number of hydrogen-bond acceptors (Lipinski definition) is 3. The van der Waals surface area contributed by atoms with Crippen LogP contribution in [0.25, 0.3) is 0 Å². The molecule has 122 valence electrons. The number of nitrogens with zero attached hydrogens (tertiary/aromatic N) is 3. The molecule has 1 aromatic rings. The zero-order valence-electron chi connectivity index (χ0n) is 13.6. The molecule has 1 aliphatic carbocycles. The van der Waals surface area contributed by atoms with Crippen molar-refractivity contribution in [2.45, 2.75) is 50.5 Å². The van der Waals surface area contributed by atoms with Crippen LogP contribution in [-0.4, -0.2) is 47.3 Å². The molecule has 1 saturated heterocycles. The fraction of sp³-hybridized carbons (Fsp3) is 0.765. The number of rotatable bonds is 4. The van der Waals surface area contributed by atoms with Gasteiger partial charge in [0.25, 0.3) is 0 Å². The first-order valence-corrected chi connectivity index (χ1v) is 8.69. The van der Waals surface area contributed by atoms with Gasteiger partial charge in [0, 0.05) is 26.0 Å². The predicted octanol–water partition coefficient (Wildman–Crippen LogP) is 2.00. The number of aromatic nitrogens is 2. The minimum Gasteiger partial charge on any atom is -0.343 e. The molecule has 0 unspecified atom stereocenters. The molecule has 22 heavy (non-hydrogen) atoms. The molecule has 1 saturated carbocycles. The molecule has 2 aliphatic rings. The van der Waals surface area contributed by atoms with Crippen molar-refractivity contribution in [2.24, 2.45) is 5.92 Å². The van der Waals surface area contributed by atoms with E-state index in [-0.39, 0.29) is 5.91 Å². The van der Waals surface area contributed by atoms with E-state index in [2.05, 4.69) is 10.4 Å². The van der Waals surface area contributed by atoms with Gasteiger partial charge >= 0.3 is 0 Å². The molecule has 0 radical (unpaired) electrons. The average molecular weight is 304 g/mol. The number of piperidine rings is 1. The number of carbonyl (C=O) groups excluding carboxylic acids is 1. The smallest absolute Gasteiger partial charge is 0.250 e. The SMILES string of the molecule is CN(CC1CCCCC1)C(=O)C1(n2cccn2)CCNCC1.